The lowest BCUT2D eigenvalue weighted by molar-refractivity contribution is 0.166. The molecule has 88 valence electrons. The molecule has 1 unspecified atom stereocenters. The monoisotopic (exact) mass is 219 g/mol. The van der Waals surface area contributed by atoms with Crippen molar-refractivity contribution in [3.05, 3.63) is 30.3 Å². The number of nitrogens with zero attached hydrogens (tertiary/aromatic N) is 1. The molecule has 0 amide bonds. The van der Waals surface area contributed by atoms with E-state index < -0.39 is 0 Å². The largest absolute Gasteiger partial charge is 0.396 e. The zero-order chi connectivity index (χ0) is 11.6. The van der Waals surface area contributed by atoms with E-state index in [1.54, 1.807) is 0 Å². The van der Waals surface area contributed by atoms with Gasteiger partial charge in [0.2, 0.25) is 0 Å². The Kier molecular flexibility index (Phi) is 3.20. The minimum absolute atomic E-state index is 0.146. The van der Waals surface area contributed by atoms with Crippen molar-refractivity contribution < 1.29 is 5.11 Å². The summed E-state index contributed by atoms with van der Waals surface area (Å²) in [5.41, 5.74) is 1.44. The first-order valence-corrected chi connectivity index (χ1v) is 6.07. The van der Waals surface area contributed by atoms with E-state index in [2.05, 4.69) is 49.1 Å². The Morgan fingerprint density at radius 1 is 1.31 bits per heavy atom. The van der Waals surface area contributed by atoms with Crippen molar-refractivity contribution in [2.45, 2.75) is 32.2 Å². The van der Waals surface area contributed by atoms with Crippen LogP contribution in [0.15, 0.2) is 30.3 Å². The molecule has 1 fully saturated rings. The minimum atomic E-state index is 0.146. The third kappa shape index (κ3) is 2.22. The predicted octanol–water partition coefficient (Wildman–Crippen LogP) is 2.67. The average Bonchev–Trinajstić information content (AvgIpc) is 2.28. The van der Waals surface area contributed by atoms with Crippen molar-refractivity contribution in [2.75, 3.05) is 18.1 Å². The van der Waals surface area contributed by atoms with Crippen molar-refractivity contribution in [1.29, 1.82) is 0 Å². The molecule has 1 aliphatic heterocycles. The summed E-state index contributed by atoms with van der Waals surface area (Å²) in [6, 6.07) is 10.6. The van der Waals surface area contributed by atoms with Crippen LogP contribution >= 0.6 is 0 Å². The third-order valence-corrected chi connectivity index (χ3v) is 3.61. The molecule has 1 atom stereocenters. The Morgan fingerprint density at radius 3 is 2.56 bits per heavy atom. The number of para-hydroxylation sites is 1. The minimum Gasteiger partial charge on any atom is -0.396 e. The first-order valence-electron chi connectivity index (χ1n) is 6.07. The standard InChI is InChI=1S/C14H21NO/c1-14(2)10-12(11-16)8-9-15(14)13-6-4-3-5-7-13/h3-7,12,16H,8-11H2,1-2H3. The molecule has 0 spiro atoms. The number of benzene rings is 1. The fourth-order valence-corrected chi connectivity index (χ4v) is 2.78. The molecule has 0 radical (unpaired) electrons. The highest BCUT2D eigenvalue weighted by Crippen LogP contribution is 2.34. The second-order valence-corrected chi connectivity index (χ2v) is 5.34. The molecule has 1 aliphatic rings. The van der Waals surface area contributed by atoms with Crippen LogP contribution in [0.5, 0.6) is 0 Å². The Hall–Kier alpha value is -1.02. The van der Waals surface area contributed by atoms with E-state index in [1.807, 2.05) is 0 Å². The molecule has 1 aromatic carbocycles. The number of piperidine rings is 1. The van der Waals surface area contributed by atoms with Crippen molar-refractivity contribution >= 4 is 5.69 Å². The summed E-state index contributed by atoms with van der Waals surface area (Å²) in [5, 5.41) is 9.26. The van der Waals surface area contributed by atoms with Gasteiger partial charge < -0.3 is 10.0 Å². The Balaban J connectivity index is 2.18. The molecule has 0 aromatic heterocycles. The summed E-state index contributed by atoms with van der Waals surface area (Å²) in [5.74, 6) is 0.468. The molecular formula is C14H21NO. The van der Waals surface area contributed by atoms with Gasteiger partial charge in [-0.25, -0.2) is 0 Å². The maximum absolute atomic E-state index is 9.26. The van der Waals surface area contributed by atoms with Gasteiger partial charge in [0.25, 0.3) is 0 Å². The van der Waals surface area contributed by atoms with Crippen molar-refractivity contribution in [2.24, 2.45) is 5.92 Å². The van der Waals surface area contributed by atoms with Gasteiger partial charge in [-0.15, -0.1) is 0 Å². The van der Waals surface area contributed by atoms with E-state index in [4.69, 9.17) is 0 Å². The molecule has 0 bridgehead atoms. The smallest absolute Gasteiger partial charge is 0.0460 e. The SMILES string of the molecule is CC1(C)CC(CO)CCN1c1ccccc1. The Bertz CT molecular complexity index is 334. The molecule has 0 saturated carbocycles. The molecule has 2 rings (SSSR count). The van der Waals surface area contributed by atoms with Crippen LogP contribution < -0.4 is 4.90 Å². The number of anilines is 1. The molecule has 2 heteroatoms. The number of rotatable bonds is 2. The van der Waals surface area contributed by atoms with Gasteiger partial charge in [0.05, 0.1) is 0 Å². The number of hydrogen-bond donors (Lipinski definition) is 1. The molecule has 16 heavy (non-hydrogen) atoms. The van der Waals surface area contributed by atoms with Crippen LogP contribution in [0.25, 0.3) is 0 Å². The van der Waals surface area contributed by atoms with Crippen LogP contribution in [0.3, 0.4) is 0 Å². The summed E-state index contributed by atoms with van der Waals surface area (Å²) in [6.07, 6.45) is 2.16. The summed E-state index contributed by atoms with van der Waals surface area (Å²) >= 11 is 0. The lowest BCUT2D eigenvalue weighted by Gasteiger charge is -2.47. The van der Waals surface area contributed by atoms with Crippen molar-refractivity contribution in [3.8, 4) is 0 Å². The lowest BCUT2D eigenvalue weighted by Crippen LogP contribution is -2.50. The van der Waals surface area contributed by atoms with E-state index >= 15 is 0 Å². The van der Waals surface area contributed by atoms with Crippen molar-refractivity contribution in [3.63, 3.8) is 0 Å². The number of hydrogen-bond acceptors (Lipinski definition) is 2. The summed E-state index contributed by atoms with van der Waals surface area (Å²) in [6.45, 7) is 5.90. The average molecular weight is 219 g/mol. The van der Waals surface area contributed by atoms with Crippen LogP contribution in [-0.2, 0) is 0 Å². The predicted molar refractivity (Wildman–Crippen MR) is 67.7 cm³/mol. The fraction of sp³-hybridized carbons (Fsp3) is 0.571. The van der Waals surface area contributed by atoms with Gasteiger partial charge in [-0.2, -0.15) is 0 Å². The zero-order valence-electron chi connectivity index (χ0n) is 10.2. The molecule has 2 nitrogen and oxygen atoms in total. The summed E-state index contributed by atoms with van der Waals surface area (Å²) in [7, 11) is 0. The molecule has 1 saturated heterocycles. The van der Waals surface area contributed by atoms with Gasteiger partial charge in [-0.1, -0.05) is 18.2 Å². The normalized spacial score (nSPS) is 24.4. The summed E-state index contributed by atoms with van der Waals surface area (Å²) < 4.78 is 0. The maximum atomic E-state index is 9.26. The number of aliphatic hydroxyl groups excluding tert-OH is 1. The Labute approximate surface area is 97.9 Å². The van der Waals surface area contributed by atoms with Gasteiger partial charge >= 0.3 is 0 Å². The van der Waals surface area contributed by atoms with Crippen LogP contribution in [0.1, 0.15) is 26.7 Å². The fourth-order valence-electron chi connectivity index (χ4n) is 2.78. The van der Waals surface area contributed by atoms with Gasteiger partial charge in [0.1, 0.15) is 0 Å². The van der Waals surface area contributed by atoms with E-state index in [-0.39, 0.29) is 5.54 Å². The molecular weight excluding hydrogens is 198 g/mol. The van der Waals surface area contributed by atoms with Gasteiger partial charge in [0, 0.05) is 24.4 Å². The van der Waals surface area contributed by atoms with E-state index in [0.717, 1.165) is 19.4 Å². The molecule has 0 aliphatic carbocycles. The van der Waals surface area contributed by atoms with Crippen LogP contribution in [0.2, 0.25) is 0 Å². The molecule has 1 aromatic rings. The second kappa shape index (κ2) is 4.46. The van der Waals surface area contributed by atoms with Crippen LogP contribution in [-0.4, -0.2) is 23.8 Å². The van der Waals surface area contributed by atoms with Gasteiger partial charge in [-0.3, -0.25) is 0 Å². The lowest BCUT2D eigenvalue weighted by atomic mass is 9.82. The highest BCUT2D eigenvalue weighted by atomic mass is 16.3. The summed E-state index contributed by atoms with van der Waals surface area (Å²) in [4.78, 5) is 2.46. The topological polar surface area (TPSA) is 23.5 Å². The molecule has 1 N–H and O–H groups in total. The van der Waals surface area contributed by atoms with Crippen molar-refractivity contribution in [1.82, 2.24) is 0 Å². The maximum Gasteiger partial charge on any atom is 0.0460 e. The Morgan fingerprint density at radius 2 is 2.00 bits per heavy atom. The van der Waals surface area contributed by atoms with Gasteiger partial charge in [0.15, 0.2) is 0 Å². The first kappa shape index (κ1) is 11.5. The molecule has 1 heterocycles. The van der Waals surface area contributed by atoms with E-state index in [9.17, 15) is 5.11 Å². The van der Waals surface area contributed by atoms with Crippen LogP contribution in [0.4, 0.5) is 5.69 Å². The third-order valence-electron chi connectivity index (χ3n) is 3.61. The highest BCUT2D eigenvalue weighted by Gasteiger charge is 2.34. The first-order chi connectivity index (χ1) is 7.63. The zero-order valence-corrected chi connectivity index (χ0v) is 10.2. The van der Waals surface area contributed by atoms with Crippen LogP contribution in [0, 0.1) is 5.92 Å². The van der Waals surface area contributed by atoms with Gasteiger partial charge in [-0.05, 0) is 44.7 Å². The quantitative estimate of drug-likeness (QED) is 0.826. The van der Waals surface area contributed by atoms with E-state index in [0.29, 0.717) is 12.5 Å². The second-order valence-electron chi connectivity index (χ2n) is 5.34. The highest BCUT2D eigenvalue weighted by molar-refractivity contribution is 5.49. The van der Waals surface area contributed by atoms with E-state index in [1.165, 1.54) is 5.69 Å². The number of aliphatic hydroxyl groups is 1.